The Morgan fingerprint density at radius 2 is 1.85 bits per heavy atom. The van der Waals surface area contributed by atoms with Crippen molar-refractivity contribution >= 4 is 10.1 Å². The van der Waals surface area contributed by atoms with Crippen LogP contribution in [0.15, 0.2) is 0 Å². The van der Waals surface area contributed by atoms with Crippen molar-refractivity contribution in [2.75, 3.05) is 19.0 Å². The number of aliphatic hydroxyl groups is 1. The van der Waals surface area contributed by atoms with Crippen LogP contribution in [0.2, 0.25) is 0 Å². The van der Waals surface area contributed by atoms with E-state index in [4.69, 9.17) is 9.29 Å². The number of hydrogen-bond donors (Lipinski definition) is 1. The van der Waals surface area contributed by atoms with Crippen molar-refractivity contribution < 1.29 is 17.7 Å². The minimum atomic E-state index is -3.44. The minimum absolute atomic E-state index is 0.112. The summed E-state index contributed by atoms with van der Waals surface area (Å²) in [6.07, 6.45) is 0.229. The molecule has 0 aromatic heterocycles. The van der Waals surface area contributed by atoms with E-state index in [0.717, 1.165) is 0 Å². The van der Waals surface area contributed by atoms with Crippen molar-refractivity contribution in [1.82, 2.24) is 0 Å². The molecule has 80 valence electrons. The highest BCUT2D eigenvalue weighted by Gasteiger charge is 2.17. The number of aliphatic hydroxyl groups excluding tert-OH is 1. The molecule has 0 heterocycles. The van der Waals surface area contributed by atoms with Crippen LogP contribution in [0.4, 0.5) is 0 Å². The van der Waals surface area contributed by atoms with E-state index < -0.39 is 10.1 Å². The lowest BCUT2D eigenvalue weighted by Gasteiger charge is -2.17. The Kier molecular flexibility index (Phi) is 4.88. The molecule has 0 aromatic carbocycles. The zero-order valence-corrected chi connectivity index (χ0v) is 9.23. The maximum Gasteiger partial charge on any atom is 0.267 e. The third-order valence-corrected chi connectivity index (χ3v) is 2.49. The fourth-order valence-electron chi connectivity index (χ4n) is 0.567. The highest BCUT2D eigenvalue weighted by Crippen LogP contribution is 2.14. The van der Waals surface area contributed by atoms with Gasteiger partial charge in [-0.05, 0) is 11.8 Å². The SMILES string of the molecule is CC(C)(C)COS(=O)(=O)CCCO. The van der Waals surface area contributed by atoms with Gasteiger partial charge in [0.15, 0.2) is 0 Å². The maximum absolute atomic E-state index is 11.1. The normalized spacial score (nSPS) is 13.2. The van der Waals surface area contributed by atoms with Gasteiger partial charge in [0.1, 0.15) is 0 Å². The summed E-state index contributed by atoms with van der Waals surface area (Å²) < 4.78 is 27.0. The molecule has 0 atom stereocenters. The lowest BCUT2D eigenvalue weighted by atomic mass is 9.99. The summed E-state index contributed by atoms with van der Waals surface area (Å²) in [4.78, 5) is 0. The van der Waals surface area contributed by atoms with Crippen LogP contribution >= 0.6 is 0 Å². The molecule has 13 heavy (non-hydrogen) atoms. The molecule has 0 unspecified atom stereocenters. The van der Waals surface area contributed by atoms with Crippen molar-refractivity contribution in [1.29, 1.82) is 0 Å². The van der Waals surface area contributed by atoms with E-state index in [9.17, 15) is 8.42 Å². The highest BCUT2D eigenvalue weighted by molar-refractivity contribution is 7.86. The summed E-state index contributed by atoms with van der Waals surface area (Å²) in [5, 5.41) is 8.44. The van der Waals surface area contributed by atoms with Crippen molar-refractivity contribution in [2.24, 2.45) is 5.41 Å². The van der Waals surface area contributed by atoms with Crippen LogP contribution in [0, 0.1) is 5.41 Å². The molecular formula is C8H18O4S. The quantitative estimate of drug-likeness (QED) is 0.680. The first-order valence-electron chi connectivity index (χ1n) is 4.25. The number of rotatable bonds is 5. The molecular weight excluding hydrogens is 192 g/mol. The van der Waals surface area contributed by atoms with Crippen LogP contribution in [0.25, 0.3) is 0 Å². The second kappa shape index (κ2) is 4.93. The first-order valence-corrected chi connectivity index (χ1v) is 5.82. The standard InChI is InChI=1S/C8H18O4S/c1-8(2,3)7-12-13(10,11)6-4-5-9/h9H,4-7H2,1-3H3. The van der Waals surface area contributed by atoms with Crippen LogP contribution in [0.1, 0.15) is 27.2 Å². The Morgan fingerprint density at radius 3 is 2.23 bits per heavy atom. The Morgan fingerprint density at radius 1 is 1.31 bits per heavy atom. The molecule has 0 saturated carbocycles. The fraction of sp³-hybridized carbons (Fsp3) is 1.00. The lowest BCUT2D eigenvalue weighted by molar-refractivity contribution is 0.202. The Bertz CT molecular complexity index is 225. The van der Waals surface area contributed by atoms with Gasteiger partial charge in [0.2, 0.25) is 0 Å². The largest absolute Gasteiger partial charge is 0.396 e. The van der Waals surface area contributed by atoms with Crippen molar-refractivity contribution in [3.8, 4) is 0 Å². The Balaban J connectivity index is 3.91. The van der Waals surface area contributed by atoms with Gasteiger partial charge in [-0.1, -0.05) is 20.8 Å². The van der Waals surface area contributed by atoms with Gasteiger partial charge in [-0.3, -0.25) is 4.18 Å². The Hall–Kier alpha value is -0.130. The van der Waals surface area contributed by atoms with E-state index in [2.05, 4.69) is 0 Å². The predicted octanol–water partition coefficient (Wildman–Crippen LogP) is 0.761. The molecule has 0 rings (SSSR count). The van der Waals surface area contributed by atoms with Crippen LogP contribution < -0.4 is 0 Å². The molecule has 5 heteroatoms. The molecule has 0 fully saturated rings. The van der Waals surface area contributed by atoms with Crippen LogP contribution in [0.5, 0.6) is 0 Å². The van der Waals surface area contributed by atoms with E-state index in [-0.39, 0.29) is 30.8 Å². The summed E-state index contributed by atoms with van der Waals surface area (Å²) in [7, 11) is -3.44. The van der Waals surface area contributed by atoms with Gasteiger partial charge in [-0.25, -0.2) is 0 Å². The van der Waals surface area contributed by atoms with Crippen LogP contribution in [-0.2, 0) is 14.3 Å². The first-order chi connectivity index (χ1) is 5.77. The molecule has 4 nitrogen and oxygen atoms in total. The zero-order chi connectivity index (χ0) is 10.5. The van der Waals surface area contributed by atoms with Crippen molar-refractivity contribution in [3.05, 3.63) is 0 Å². The summed E-state index contributed by atoms with van der Waals surface area (Å²) in [6.45, 7) is 5.75. The third kappa shape index (κ3) is 8.21. The topological polar surface area (TPSA) is 63.6 Å². The molecule has 0 spiro atoms. The van der Waals surface area contributed by atoms with Gasteiger partial charge in [-0.15, -0.1) is 0 Å². The molecule has 0 bridgehead atoms. The van der Waals surface area contributed by atoms with E-state index >= 15 is 0 Å². The molecule has 0 aliphatic heterocycles. The molecule has 0 aliphatic carbocycles. The van der Waals surface area contributed by atoms with E-state index in [0.29, 0.717) is 0 Å². The summed E-state index contributed by atoms with van der Waals surface area (Å²) >= 11 is 0. The second-order valence-electron chi connectivity index (χ2n) is 4.16. The number of hydrogen-bond acceptors (Lipinski definition) is 4. The van der Waals surface area contributed by atoms with Gasteiger partial charge in [0.05, 0.1) is 12.4 Å². The summed E-state index contributed by atoms with van der Waals surface area (Å²) in [6, 6.07) is 0. The molecule has 0 aromatic rings. The molecule has 0 amide bonds. The monoisotopic (exact) mass is 210 g/mol. The second-order valence-corrected chi connectivity index (χ2v) is 5.92. The van der Waals surface area contributed by atoms with E-state index in [1.165, 1.54) is 0 Å². The van der Waals surface area contributed by atoms with Gasteiger partial charge in [0, 0.05) is 6.61 Å². The summed E-state index contributed by atoms with van der Waals surface area (Å²) in [5.41, 5.74) is -0.160. The summed E-state index contributed by atoms with van der Waals surface area (Å²) in [5.74, 6) is -0.112. The minimum Gasteiger partial charge on any atom is -0.396 e. The van der Waals surface area contributed by atoms with E-state index in [1.54, 1.807) is 0 Å². The molecule has 0 aliphatic rings. The van der Waals surface area contributed by atoms with E-state index in [1.807, 2.05) is 20.8 Å². The van der Waals surface area contributed by atoms with Crippen LogP contribution in [0.3, 0.4) is 0 Å². The van der Waals surface area contributed by atoms with Crippen molar-refractivity contribution in [2.45, 2.75) is 27.2 Å². The van der Waals surface area contributed by atoms with Crippen LogP contribution in [-0.4, -0.2) is 32.5 Å². The first kappa shape index (κ1) is 12.9. The van der Waals surface area contributed by atoms with Gasteiger partial charge < -0.3 is 5.11 Å². The van der Waals surface area contributed by atoms with Gasteiger partial charge in [0.25, 0.3) is 10.1 Å². The zero-order valence-electron chi connectivity index (χ0n) is 8.41. The van der Waals surface area contributed by atoms with Gasteiger partial charge >= 0.3 is 0 Å². The third-order valence-electron chi connectivity index (χ3n) is 1.22. The fourth-order valence-corrected chi connectivity index (χ4v) is 1.70. The highest BCUT2D eigenvalue weighted by atomic mass is 32.2. The average Bonchev–Trinajstić information content (AvgIpc) is 1.97. The molecule has 1 N–H and O–H groups in total. The van der Waals surface area contributed by atoms with Gasteiger partial charge in [-0.2, -0.15) is 8.42 Å². The van der Waals surface area contributed by atoms with Crippen molar-refractivity contribution in [3.63, 3.8) is 0 Å². The average molecular weight is 210 g/mol. The Labute approximate surface area is 80.0 Å². The predicted molar refractivity (Wildman–Crippen MR) is 50.9 cm³/mol. The molecule has 0 radical (unpaired) electrons. The lowest BCUT2D eigenvalue weighted by Crippen LogP contribution is -2.20. The smallest absolute Gasteiger partial charge is 0.267 e. The maximum atomic E-state index is 11.1. The molecule has 0 saturated heterocycles.